The second-order valence-corrected chi connectivity index (χ2v) is 6.14. The summed E-state index contributed by atoms with van der Waals surface area (Å²) >= 11 is 3.32. The number of hydrogen-bond acceptors (Lipinski definition) is 3. The number of nitrogens with zero attached hydrogens (tertiary/aromatic N) is 2. The van der Waals surface area contributed by atoms with Crippen LogP contribution in [0.3, 0.4) is 0 Å². The topological polar surface area (TPSA) is 36.3 Å². The van der Waals surface area contributed by atoms with Gasteiger partial charge in [-0.05, 0) is 42.0 Å². The van der Waals surface area contributed by atoms with Crippen LogP contribution in [0.25, 0.3) is 11.4 Å². The van der Waals surface area contributed by atoms with Crippen molar-refractivity contribution in [2.75, 3.05) is 14.2 Å². The second kappa shape index (κ2) is 7.05. The van der Waals surface area contributed by atoms with Gasteiger partial charge in [0.2, 0.25) is 0 Å². The lowest BCUT2D eigenvalue weighted by Gasteiger charge is -2.12. The van der Waals surface area contributed by atoms with E-state index >= 15 is 0 Å². The number of hydrogen-bond donors (Lipinski definition) is 0. The molecule has 0 fully saturated rings. The van der Waals surface area contributed by atoms with Crippen molar-refractivity contribution in [1.29, 1.82) is 0 Å². The number of ether oxygens (including phenoxy) is 2. The zero-order valence-electron chi connectivity index (χ0n) is 13.3. The predicted molar refractivity (Wildman–Crippen MR) is 94.0 cm³/mol. The average Bonchev–Trinajstić information content (AvgIpc) is 3.01. The van der Waals surface area contributed by atoms with Crippen LogP contribution in [0, 0.1) is 5.82 Å². The maximum absolute atomic E-state index is 13.6. The molecule has 0 bridgehead atoms. The maximum Gasteiger partial charge on any atom is 0.161 e. The molecule has 24 heavy (non-hydrogen) atoms. The Bertz CT molecular complexity index is 844. The molecule has 4 nitrogen and oxygen atoms in total. The van der Waals surface area contributed by atoms with Crippen molar-refractivity contribution in [3.63, 3.8) is 0 Å². The average molecular weight is 391 g/mol. The molecule has 0 unspecified atom stereocenters. The Kier molecular flexibility index (Phi) is 4.85. The van der Waals surface area contributed by atoms with E-state index < -0.39 is 0 Å². The van der Waals surface area contributed by atoms with Gasteiger partial charge < -0.3 is 14.0 Å². The van der Waals surface area contributed by atoms with Crippen molar-refractivity contribution in [2.24, 2.45) is 0 Å². The Morgan fingerprint density at radius 3 is 2.58 bits per heavy atom. The van der Waals surface area contributed by atoms with Crippen LogP contribution >= 0.6 is 15.9 Å². The minimum absolute atomic E-state index is 0.271. The van der Waals surface area contributed by atoms with Gasteiger partial charge in [0.15, 0.2) is 11.5 Å². The fraction of sp³-hybridized carbons (Fsp3) is 0.167. The quantitative estimate of drug-likeness (QED) is 0.642. The van der Waals surface area contributed by atoms with E-state index in [1.807, 2.05) is 35.0 Å². The first-order chi connectivity index (χ1) is 11.6. The van der Waals surface area contributed by atoms with E-state index in [2.05, 4.69) is 20.9 Å². The van der Waals surface area contributed by atoms with Gasteiger partial charge >= 0.3 is 0 Å². The van der Waals surface area contributed by atoms with E-state index in [4.69, 9.17) is 9.47 Å². The third kappa shape index (κ3) is 3.43. The molecule has 0 N–H and O–H groups in total. The Morgan fingerprint density at radius 2 is 1.88 bits per heavy atom. The second-order valence-electron chi connectivity index (χ2n) is 5.23. The van der Waals surface area contributed by atoms with Gasteiger partial charge in [-0.25, -0.2) is 9.37 Å². The fourth-order valence-electron chi connectivity index (χ4n) is 2.57. The molecule has 0 aliphatic rings. The number of aromatic nitrogens is 2. The summed E-state index contributed by atoms with van der Waals surface area (Å²) in [5.74, 6) is 1.80. The number of imidazole rings is 1. The van der Waals surface area contributed by atoms with Crippen LogP contribution in [0.15, 0.2) is 53.3 Å². The van der Waals surface area contributed by atoms with Crippen molar-refractivity contribution in [2.45, 2.75) is 6.54 Å². The molecule has 0 saturated carbocycles. The smallest absolute Gasteiger partial charge is 0.161 e. The van der Waals surface area contributed by atoms with E-state index in [0.29, 0.717) is 22.5 Å². The number of benzene rings is 2. The molecule has 124 valence electrons. The number of halogens is 2. The van der Waals surface area contributed by atoms with E-state index in [1.54, 1.807) is 20.4 Å². The summed E-state index contributed by atoms with van der Waals surface area (Å²) in [5, 5.41) is 0. The Labute approximate surface area is 148 Å². The summed E-state index contributed by atoms with van der Waals surface area (Å²) < 4.78 is 26.9. The van der Waals surface area contributed by atoms with Gasteiger partial charge in [-0.2, -0.15) is 0 Å². The monoisotopic (exact) mass is 390 g/mol. The zero-order chi connectivity index (χ0) is 17.1. The Morgan fingerprint density at radius 1 is 1.08 bits per heavy atom. The Balaban J connectivity index is 1.96. The van der Waals surface area contributed by atoms with Gasteiger partial charge in [0.25, 0.3) is 0 Å². The third-order valence-corrected chi connectivity index (χ3v) is 4.09. The highest BCUT2D eigenvalue weighted by atomic mass is 79.9. The first-order valence-electron chi connectivity index (χ1n) is 7.29. The van der Waals surface area contributed by atoms with Crippen LogP contribution in [-0.2, 0) is 6.54 Å². The lowest BCUT2D eigenvalue weighted by atomic mass is 10.1. The minimum Gasteiger partial charge on any atom is -0.493 e. The first-order valence-corrected chi connectivity index (χ1v) is 8.08. The standard InChI is InChI=1S/C18H16BrFN2O2/c1-23-16-4-3-13(9-17(16)24-2)18-21-5-6-22(18)11-12-7-14(19)10-15(20)8-12/h3-10H,11H2,1-2H3. The van der Waals surface area contributed by atoms with Gasteiger partial charge in [0, 0.05) is 29.0 Å². The molecule has 0 aliphatic heterocycles. The molecule has 0 spiro atoms. The summed E-state index contributed by atoms with van der Waals surface area (Å²) in [6, 6.07) is 10.5. The SMILES string of the molecule is COc1ccc(-c2nccn2Cc2cc(F)cc(Br)c2)cc1OC. The summed E-state index contributed by atoms with van der Waals surface area (Å²) in [6.45, 7) is 0.514. The largest absolute Gasteiger partial charge is 0.493 e. The molecule has 0 aliphatic carbocycles. The van der Waals surface area contributed by atoms with Crippen LogP contribution in [0.4, 0.5) is 4.39 Å². The van der Waals surface area contributed by atoms with Crippen LogP contribution in [0.5, 0.6) is 11.5 Å². The lowest BCUT2D eigenvalue weighted by Crippen LogP contribution is -2.02. The highest BCUT2D eigenvalue weighted by Crippen LogP contribution is 2.32. The van der Waals surface area contributed by atoms with Crippen LogP contribution in [0.2, 0.25) is 0 Å². The van der Waals surface area contributed by atoms with Gasteiger partial charge in [-0.3, -0.25) is 0 Å². The third-order valence-electron chi connectivity index (χ3n) is 3.63. The molecule has 2 aromatic carbocycles. The van der Waals surface area contributed by atoms with Crippen molar-refractivity contribution >= 4 is 15.9 Å². The van der Waals surface area contributed by atoms with Gasteiger partial charge in [-0.15, -0.1) is 0 Å². The molecule has 0 saturated heterocycles. The zero-order valence-corrected chi connectivity index (χ0v) is 14.9. The van der Waals surface area contributed by atoms with Crippen molar-refractivity contribution in [3.05, 3.63) is 64.6 Å². The van der Waals surface area contributed by atoms with Gasteiger partial charge in [-0.1, -0.05) is 15.9 Å². The van der Waals surface area contributed by atoms with E-state index in [0.717, 1.165) is 17.0 Å². The molecular weight excluding hydrogens is 375 g/mol. The molecule has 1 heterocycles. The molecule has 3 rings (SSSR count). The van der Waals surface area contributed by atoms with E-state index in [9.17, 15) is 4.39 Å². The molecule has 0 amide bonds. The summed E-state index contributed by atoms with van der Waals surface area (Å²) in [6.07, 6.45) is 3.59. The predicted octanol–water partition coefficient (Wildman–Crippen LogP) is 4.52. The van der Waals surface area contributed by atoms with Crippen LogP contribution in [0.1, 0.15) is 5.56 Å². The van der Waals surface area contributed by atoms with Crippen LogP contribution in [-0.4, -0.2) is 23.8 Å². The highest BCUT2D eigenvalue weighted by molar-refractivity contribution is 9.10. The molecule has 3 aromatic rings. The Hall–Kier alpha value is -2.34. The summed E-state index contributed by atoms with van der Waals surface area (Å²) in [4.78, 5) is 4.42. The molecule has 1 aromatic heterocycles. The normalized spacial score (nSPS) is 10.7. The number of methoxy groups -OCH3 is 2. The molecule has 0 atom stereocenters. The fourth-order valence-corrected chi connectivity index (χ4v) is 3.08. The summed E-state index contributed by atoms with van der Waals surface area (Å²) in [5.41, 5.74) is 1.75. The minimum atomic E-state index is -0.271. The lowest BCUT2D eigenvalue weighted by molar-refractivity contribution is 0.355. The number of rotatable bonds is 5. The van der Waals surface area contributed by atoms with Crippen molar-refractivity contribution < 1.29 is 13.9 Å². The van der Waals surface area contributed by atoms with Gasteiger partial charge in [0.1, 0.15) is 11.6 Å². The van der Waals surface area contributed by atoms with Crippen LogP contribution < -0.4 is 9.47 Å². The van der Waals surface area contributed by atoms with E-state index in [1.165, 1.54) is 12.1 Å². The molecule has 6 heteroatoms. The highest BCUT2D eigenvalue weighted by Gasteiger charge is 2.11. The molecule has 0 radical (unpaired) electrons. The maximum atomic E-state index is 13.6. The van der Waals surface area contributed by atoms with Gasteiger partial charge in [0.05, 0.1) is 14.2 Å². The van der Waals surface area contributed by atoms with Crippen molar-refractivity contribution in [3.8, 4) is 22.9 Å². The first kappa shape index (κ1) is 16.5. The van der Waals surface area contributed by atoms with Crippen molar-refractivity contribution in [1.82, 2.24) is 9.55 Å². The molecular formula is C18H16BrFN2O2. The van der Waals surface area contributed by atoms with E-state index in [-0.39, 0.29) is 5.82 Å². The summed E-state index contributed by atoms with van der Waals surface area (Å²) in [7, 11) is 3.19.